The van der Waals surface area contributed by atoms with Crippen molar-refractivity contribution < 1.29 is 4.92 Å². The Morgan fingerprint density at radius 2 is 1.80 bits per heavy atom. The molecule has 8 heteroatoms. The molecule has 134 valence electrons. The van der Waals surface area contributed by atoms with Crippen LogP contribution in [0.3, 0.4) is 0 Å². The van der Waals surface area contributed by atoms with Crippen LogP contribution in [-0.4, -0.2) is 22.6 Å². The zero-order chi connectivity index (χ0) is 16.4. The molecule has 0 spiro atoms. The maximum Gasteiger partial charge on any atom is 0.280 e. The SMILES string of the molecule is CCNC(C)Nc1c2ccccc2nc2cccc([N+](=O)[O-])c12.Cl.Cl. The summed E-state index contributed by atoms with van der Waals surface area (Å²) in [5.41, 5.74) is 2.23. The van der Waals surface area contributed by atoms with Crippen molar-refractivity contribution in [2.24, 2.45) is 0 Å². The van der Waals surface area contributed by atoms with Gasteiger partial charge in [0.05, 0.1) is 27.8 Å². The summed E-state index contributed by atoms with van der Waals surface area (Å²) in [6.45, 7) is 4.81. The molecular weight excluding hydrogens is 363 g/mol. The molecule has 1 atom stereocenters. The first-order valence-electron chi connectivity index (χ1n) is 7.57. The minimum Gasteiger partial charge on any atom is -0.369 e. The molecule has 6 nitrogen and oxygen atoms in total. The standard InChI is InChI=1S/C17H18N4O2.2ClH/c1-3-18-11(2)19-17-12-7-4-5-8-13(12)20-14-9-6-10-15(16(14)17)21(22)23;;/h4-11,18H,3H2,1-2H3,(H,19,20);2*1H. The number of halogens is 2. The van der Waals surface area contributed by atoms with E-state index in [1.807, 2.05) is 38.1 Å². The molecule has 0 aliphatic carbocycles. The summed E-state index contributed by atoms with van der Waals surface area (Å²) >= 11 is 0. The number of rotatable bonds is 5. The average Bonchev–Trinajstić information content (AvgIpc) is 2.54. The summed E-state index contributed by atoms with van der Waals surface area (Å²) in [5, 5.41) is 19.5. The molecule has 0 aliphatic heterocycles. The summed E-state index contributed by atoms with van der Waals surface area (Å²) in [6, 6.07) is 12.7. The van der Waals surface area contributed by atoms with E-state index < -0.39 is 0 Å². The van der Waals surface area contributed by atoms with E-state index in [9.17, 15) is 10.1 Å². The van der Waals surface area contributed by atoms with Crippen LogP contribution in [0.4, 0.5) is 11.4 Å². The Balaban J connectivity index is 0.00000156. The van der Waals surface area contributed by atoms with Crippen molar-refractivity contribution in [2.75, 3.05) is 11.9 Å². The Morgan fingerprint density at radius 3 is 2.48 bits per heavy atom. The monoisotopic (exact) mass is 382 g/mol. The highest BCUT2D eigenvalue weighted by atomic mass is 35.5. The van der Waals surface area contributed by atoms with E-state index in [1.54, 1.807) is 12.1 Å². The maximum atomic E-state index is 11.4. The number of nitro benzene ring substituents is 1. The number of benzene rings is 2. The zero-order valence-corrected chi connectivity index (χ0v) is 15.5. The summed E-state index contributed by atoms with van der Waals surface area (Å²) in [5.74, 6) is 0. The summed E-state index contributed by atoms with van der Waals surface area (Å²) < 4.78 is 0. The van der Waals surface area contributed by atoms with Crippen LogP contribution < -0.4 is 10.6 Å². The molecule has 1 heterocycles. The predicted octanol–water partition coefficient (Wildman–Crippen LogP) is 4.51. The number of aromatic nitrogens is 1. The van der Waals surface area contributed by atoms with Gasteiger partial charge in [-0.25, -0.2) is 4.98 Å². The second-order valence-electron chi connectivity index (χ2n) is 5.36. The fourth-order valence-electron chi connectivity index (χ4n) is 2.80. The van der Waals surface area contributed by atoms with Crippen LogP contribution in [0.5, 0.6) is 0 Å². The molecule has 0 radical (unpaired) electrons. The number of nitrogens with zero attached hydrogens (tertiary/aromatic N) is 2. The first-order valence-corrected chi connectivity index (χ1v) is 7.57. The molecule has 1 unspecified atom stereocenters. The lowest BCUT2D eigenvalue weighted by molar-refractivity contribution is -0.383. The molecule has 3 aromatic rings. The molecular formula is C17H20Cl2N4O2. The van der Waals surface area contributed by atoms with E-state index in [0.717, 1.165) is 23.1 Å². The van der Waals surface area contributed by atoms with E-state index in [2.05, 4.69) is 15.6 Å². The number of non-ortho nitro benzene ring substituents is 1. The van der Waals surface area contributed by atoms with Crippen LogP contribution in [0.2, 0.25) is 0 Å². The molecule has 0 amide bonds. The highest BCUT2D eigenvalue weighted by Gasteiger charge is 2.19. The van der Waals surface area contributed by atoms with Gasteiger partial charge in [-0.05, 0) is 25.6 Å². The van der Waals surface area contributed by atoms with Gasteiger partial charge in [0.25, 0.3) is 5.69 Å². The molecule has 25 heavy (non-hydrogen) atoms. The van der Waals surface area contributed by atoms with Gasteiger partial charge in [0.15, 0.2) is 0 Å². The van der Waals surface area contributed by atoms with Gasteiger partial charge >= 0.3 is 0 Å². The van der Waals surface area contributed by atoms with Crippen LogP contribution in [-0.2, 0) is 0 Å². The molecule has 2 aromatic carbocycles. The first-order chi connectivity index (χ1) is 11.1. The third kappa shape index (κ3) is 4.10. The minimum atomic E-state index is -0.359. The topological polar surface area (TPSA) is 80.1 Å². The van der Waals surface area contributed by atoms with E-state index in [4.69, 9.17) is 0 Å². The molecule has 0 saturated carbocycles. The Morgan fingerprint density at radius 1 is 1.12 bits per heavy atom. The van der Waals surface area contributed by atoms with Gasteiger partial charge in [-0.15, -0.1) is 24.8 Å². The van der Waals surface area contributed by atoms with Gasteiger partial charge in [-0.3, -0.25) is 15.4 Å². The van der Waals surface area contributed by atoms with Crippen LogP contribution in [0.25, 0.3) is 21.8 Å². The zero-order valence-electron chi connectivity index (χ0n) is 13.9. The number of anilines is 1. The number of hydrogen-bond acceptors (Lipinski definition) is 5. The van der Waals surface area contributed by atoms with E-state index in [1.165, 1.54) is 6.07 Å². The molecule has 0 saturated heterocycles. The quantitative estimate of drug-likeness (QED) is 0.293. The summed E-state index contributed by atoms with van der Waals surface area (Å²) in [7, 11) is 0. The maximum absolute atomic E-state index is 11.4. The van der Waals surface area contributed by atoms with Crippen LogP contribution in [0.1, 0.15) is 13.8 Å². The number of nitrogens with one attached hydrogen (secondary N) is 2. The van der Waals surface area contributed by atoms with Crippen molar-refractivity contribution in [1.29, 1.82) is 0 Å². The fourth-order valence-corrected chi connectivity index (χ4v) is 2.80. The van der Waals surface area contributed by atoms with Gasteiger partial charge in [0.2, 0.25) is 0 Å². The van der Waals surface area contributed by atoms with Gasteiger partial charge in [0.1, 0.15) is 5.39 Å². The van der Waals surface area contributed by atoms with Gasteiger partial charge in [0, 0.05) is 11.5 Å². The second kappa shape index (κ2) is 8.80. The normalized spacial score (nSPS) is 11.4. The Hall–Kier alpha value is -2.15. The lowest BCUT2D eigenvalue weighted by Gasteiger charge is -2.19. The smallest absolute Gasteiger partial charge is 0.280 e. The summed E-state index contributed by atoms with van der Waals surface area (Å²) in [4.78, 5) is 15.7. The Bertz CT molecular complexity index is 889. The fraction of sp³-hybridized carbons (Fsp3) is 0.235. The largest absolute Gasteiger partial charge is 0.369 e. The second-order valence-corrected chi connectivity index (χ2v) is 5.36. The lowest BCUT2D eigenvalue weighted by Crippen LogP contribution is -2.33. The van der Waals surface area contributed by atoms with Crippen LogP contribution in [0, 0.1) is 10.1 Å². The van der Waals surface area contributed by atoms with Gasteiger partial charge < -0.3 is 5.32 Å². The number of para-hydroxylation sites is 1. The van der Waals surface area contributed by atoms with Crippen molar-refractivity contribution in [3.8, 4) is 0 Å². The van der Waals surface area contributed by atoms with E-state index in [0.29, 0.717) is 10.9 Å². The van der Waals surface area contributed by atoms with Crippen molar-refractivity contribution in [3.05, 3.63) is 52.6 Å². The molecule has 1 aromatic heterocycles. The molecule has 0 aliphatic rings. The number of nitro groups is 1. The lowest BCUT2D eigenvalue weighted by atomic mass is 10.1. The third-order valence-electron chi connectivity index (χ3n) is 3.75. The van der Waals surface area contributed by atoms with Crippen molar-refractivity contribution in [2.45, 2.75) is 20.0 Å². The highest BCUT2D eigenvalue weighted by molar-refractivity contribution is 6.11. The number of fused-ring (bicyclic) bond motifs is 2. The Labute approximate surface area is 158 Å². The van der Waals surface area contributed by atoms with Crippen molar-refractivity contribution >= 4 is 58.0 Å². The van der Waals surface area contributed by atoms with E-state index in [-0.39, 0.29) is 41.6 Å². The van der Waals surface area contributed by atoms with Crippen LogP contribution >= 0.6 is 24.8 Å². The van der Waals surface area contributed by atoms with Crippen LogP contribution in [0.15, 0.2) is 42.5 Å². The minimum absolute atomic E-state index is 0. The van der Waals surface area contributed by atoms with Gasteiger partial charge in [-0.1, -0.05) is 31.2 Å². The number of pyridine rings is 1. The number of hydrogen-bond donors (Lipinski definition) is 2. The van der Waals surface area contributed by atoms with E-state index >= 15 is 0 Å². The predicted molar refractivity (Wildman–Crippen MR) is 107 cm³/mol. The Kier molecular flexibility index (Phi) is 7.36. The molecule has 0 fully saturated rings. The molecule has 2 N–H and O–H groups in total. The van der Waals surface area contributed by atoms with Crippen molar-refractivity contribution in [1.82, 2.24) is 10.3 Å². The first kappa shape index (κ1) is 20.9. The van der Waals surface area contributed by atoms with Crippen molar-refractivity contribution in [3.63, 3.8) is 0 Å². The van der Waals surface area contributed by atoms with Gasteiger partial charge in [-0.2, -0.15) is 0 Å². The molecule has 0 bridgehead atoms. The highest BCUT2D eigenvalue weighted by Crippen LogP contribution is 2.36. The third-order valence-corrected chi connectivity index (χ3v) is 3.75. The molecule has 3 rings (SSSR count). The average molecular weight is 383 g/mol. The summed E-state index contributed by atoms with van der Waals surface area (Å²) in [6.07, 6.45) is -0.0196.